The number of hydrogen-bond donors (Lipinski definition) is 2. The van der Waals surface area contributed by atoms with Crippen molar-refractivity contribution in [3.05, 3.63) is 74.1 Å². The predicted molar refractivity (Wildman–Crippen MR) is 126 cm³/mol. The molecular weight excluding hydrogens is 510 g/mol. The third kappa shape index (κ3) is 5.69. The van der Waals surface area contributed by atoms with E-state index >= 15 is 0 Å². The number of benzene rings is 2. The third-order valence-electron chi connectivity index (χ3n) is 4.05. The molecular formula is C20H15BrClN3O3S2. The number of nitrogens with zero attached hydrogens (tertiary/aromatic N) is 1. The van der Waals surface area contributed by atoms with E-state index in [2.05, 4.69) is 26.8 Å². The van der Waals surface area contributed by atoms with E-state index in [-0.39, 0.29) is 18.9 Å². The van der Waals surface area contributed by atoms with Crippen LogP contribution in [0.1, 0.15) is 22.3 Å². The molecule has 0 radical (unpaired) electrons. The van der Waals surface area contributed by atoms with E-state index in [9.17, 15) is 14.4 Å². The van der Waals surface area contributed by atoms with Gasteiger partial charge in [0.25, 0.3) is 11.8 Å². The molecule has 0 bridgehead atoms. The summed E-state index contributed by atoms with van der Waals surface area (Å²) in [5, 5.41) is 0.531. The molecule has 1 aliphatic rings. The van der Waals surface area contributed by atoms with Crippen molar-refractivity contribution in [3.8, 4) is 0 Å². The molecule has 3 rings (SSSR count). The highest BCUT2D eigenvalue weighted by Crippen LogP contribution is 2.33. The molecule has 6 nitrogen and oxygen atoms in total. The molecule has 1 aliphatic heterocycles. The summed E-state index contributed by atoms with van der Waals surface area (Å²) in [7, 11) is 0. The van der Waals surface area contributed by atoms with Gasteiger partial charge in [-0.2, -0.15) is 0 Å². The van der Waals surface area contributed by atoms with Crippen molar-refractivity contribution < 1.29 is 14.4 Å². The highest BCUT2D eigenvalue weighted by molar-refractivity contribution is 9.10. The number of rotatable bonds is 5. The number of thiocarbonyl (C=S) groups is 1. The molecule has 2 aromatic rings. The Morgan fingerprint density at radius 3 is 2.53 bits per heavy atom. The lowest BCUT2D eigenvalue weighted by Gasteiger charge is -2.14. The molecule has 1 fully saturated rings. The van der Waals surface area contributed by atoms with Gasteiger partial charge in [-0.1, -0.05) is 69.7 Å². The van der Waals surface area contributed by atoms with Gasteiger partial charge in [-0.3, -0.25) is 30.1 Å². The molecule has 0 spiro atoms. The number of hydrogen-bond acceptors (Lipinski definition) is 5. The Balaban J connectivity index is 1.52. The minimum atomic E-state index is -0.441. The molecule has 3 amide bonds. The fourth-order valence-corrected chi connectivity index (χ4v) is 4.26. The molecule has 0 unspecified atom stereocenters. The van der Waals surface area contributed by atoms with Crippen LogP contribution in [-0.4, -0.2) is 33.5 Å². The summed E-state index contributed by atoms with van der Waals surface area (Å²) in [4.78, 5) is 38.5. The van der Waals surface area contributed by atoms with E-state index in [1.807, 2.05) is 6.07 Å². The Kier molecular flexibility index (Phi) is 7.65. The number of carbonyl (C=O) groups excluding carboxylic acids is 3. The standard InChI is InChI=1S/C20H15BrClN3O3S2/c21-14-7-5-12(6-8-14)18(27)24-23-17(26)9-10-25-19(28)16(30-20(25)29)11-13-3-1-2-4-15(13)22/h1-8,11H,9-10H2,(H,23,26)(H,24,27)/b16-11+. The molecule has 0 aliphatic carbocycles. The zero-order valence-electron chi connectivity index (χ0n) is 15.4. The minimum Gasteiger partial charge on any atom is -0.292 e. The molecule has 0 saturated carbocycles. The molecule has 0 aromatic heterocycles. The molecule has 2 aromatic carbocycles. The van der Waals surface area contributed by atoms with Gasteiger partial charge in [-0.05, 0) is 42.0 Å². The van der Waals surface area contributed by atoms with Crippen LogP contribution >= 0.6 is 51.5 Å². The van der Waals surface area contributed by atoms with E-state index in [1.165, 1.54) is 4.90 Å². The van der Waals surface area contributed by atoms with Crippen molar-refractivity contribution >= 4 is 79.6 Å². The largest absolute Gasteiger partial charge is 0.292 e. The van der Waals surface area contributed by atoms with Crippen LogP contribution in [-0.2, 0) is 9.59 Å². The fourth-order valence-electron chi connectivity index (χ4n) is 2.50. The lowest BCUT2D eigenvalue weighted by atomic mass is 10.2. The van der Waals surface area contributed by atoms with Crippen LogP contribution in [0.5, 0.6) is 0 Å². The van der Waals surface area contributed by atoms with Crippen LogP contribution in [0.2, 0.25) is 5.02 Å². The monoisotopic (exact) mass is 523 g/mol. The van der Waals surface area contributed by atoms with Gasteiger partial charge in [-0.15, -0.1) is 0 Å². The molecule has 154 valence electrons. The predicted octanol–water partition coefficient (Wildman–Crippen LogP) is 4.16. The van der Waals surface area contributed by atoms with Gasteiger partial charge in [0.05, 0.1) is 4.91 Å². The average molecular weight is 525 g/mol. The van der Waals surface area contributed by atoms with Gasteiger partial charge < -0.3 is 0 Å². The summed E-state index contributed by atoms with van der Waals surface area (Å²) >= 11 is 15.8. The van der Waals surface area contributed by atoms with Crippen LogP contribution in [0.3, 0.4) is 0 Å². The van der Waals surface area contributed by atoms with Crippen molar-refractivity contribution in [1.82, 2.24) is 15.8 Å². The third-order valence-corrected chi connectivity index (χ3v) is 6.30. The average Bonchev–Trinajstić information content (AvgIpc) is 2.99. The molecule has 1 saturated heterocycles. The van der Waals surface area contributed by atoms with Gasteiger partial charge in [0.15, 0.2) is 0 Å². The fraction of sp³-hybridized carbons (Fsp3) is 0.100. The maximum absolute atomic E-state index is 12.6. The first kappa shape index (κ1) is 22.5. The van der Waals surface area contributed by atoms with Gasteiger partial charge in [0.2, 0.25) is 5.91 Å². The van der Waals surface area contributed by atoms with Crippen molar-refractivity contribution in [2.75, 3.05) is 6.54 Å². The second-order valence-electron chi connectivity index (χ2n) is 6.11. The van der Waals surface area contributed by atoms with E-state index in [0.29, 0.717) is 25.4 Å². The zero-order valence-corrected chi connectivity index (χ0v) is 19.3. The van der Waals surface area contributed by atoms with Crippen molar-refractivity contribution in [1.29, 1.82) is 0 Å². The van der Waals surface area contributed by atoms with Gasteiger partial charge in [-0.25, -0.2) is 0 Å². The normalized spacial score (nSPS) is 14.9. The topological polar surface area (TPSA) is 78.5 Å². The number of thioether (sulfide) groups is 1. The van der Waals surface area contributed by atoms with E-state index in [4.69, 9.17) is 23.8 Å². The number of amides is 3. The van der Waals surface area contributed by atoms with Gasteiger partial charge in [0.1, 0.15) is 4.32 Å². The summed E-state index contributed by atoms with van der Waals surface area (Å²) in [6, 6.07) is 13.9. The lowest BCUT2D eigenvalue weighted by molar-refractivity contribution is -0.124. The Hall–Kier alpha value is -2.20. The highest BCUT2D eigenvalue weighted by Gasteiger charge is 2.32. The van der Waals surface area contributed by atoms with E-state index in [0.717, 1.165) is 16.2 Å². The maximum atomic E-state index is 12.6. The molecule has 0 atom stereocenters. The zero-order chi connectivity index (χ0) is 21.7. The highest BCUT2D eigenvalue weighted by atomic mass is 79.9. The second-order valence-corrected chi connectivity index (χ2v) is 9.11. The Bertz CT molecular complexity index is 1040. The number of hydrazine groups is 1. The molecule has 2 N–H and O–H groups in total. The Morgan fingerprint density at radius 1 is 1.13 bits per heavy atom. The Labute approximate surface area is 196 Å². The van der Waals surface area contributed by atoms with Crippen LogP contribution < -0.4 is 10.9 Å². The number of carbonyl (C=O) groups is 3. The summed E-state index contributed by atoms with van der Waals surface area (Å²) in [5.41, 5.74) is 5.80. The number of nitrogens with one attached hydrogen (secondary N) is 2. The Morgan fingerprint density at radius 2 is 1.83 bits per heavy atom. The van der Waals surface area contributed by atoms with Crippen LogP contribution in [0.15, 0.2) is 57.9 Å². The molecule has 1 heterocycles. The summed E-state index contributed by atoms with van der Waals surface area (Å²) < 4.78 is 1.21. The smallest absolute Gasteiger partial charge is 0.269 e. The quantitative estimate of drug-likeness (QED) is 0.349. The SMILES string of the molecule is O=C(CCN1C(=O)/C(=C\c2ccccc2Cl)SC1=S)NNC(=O)c1ccc(Br)cc1. The molecule has 30 heavy (non-hydrogen) atoms. The van der Waals surface area contributed by atoms with Gasteiger partial charge >= 0.3 is 0 Å². The first-order valence-electron chi connectivity index (χ1n) is 8.70. The summed E-state index contributed by atoms with van der Waals surface area (Å²) in [6.07, 6.45) is 1.66. The minimum absolute atomic E-state index is 0.0214. The lowest BCUT2D eigenvalue weighted by Crippen LogP contribution is -2.43. The first-order chi connectivity index (χ1) is 14.3. The van der Waals surface area contributed by atoms with Crippen molar-refractivity contribution in [3.63, 3.8) is 0 Å². The summed E-state index contributed by atoms with van der Waals surface area (Å²) in [5.74, 6) is -1.16. The van der Waals surface area contributed by atoms with E-state index < -0.39 is 11.8 Å². The molecule has 10 heteroatoms. The van der Waals surface area contributed by atoms with Crippen molar-refractivity contribution in [2.24, 2.45) is 0 Å². The van der Waals surface area contributed by atoms with Crippen LogP contribution in [0.4, 0.5) is 0 Å². The van der Waals surface area contributed by atoms with E-state index in [1.54, 1.807) is 48.5 Å². The van der Waals surface area contributed by atoms with Crippen LogP contribution in [0.25, 0.3) is 6.08 Å². The van der Waals surface area contributed by atoms with Crippen molar-refractivity contribution in [2.45, 2.75) is 6.42 Å². The maximum Gasteiger partial charge on any atom is 0.269 e. The first-order valence-corrected chi connectivity index (χ1v) is 11.1. The summed E-state index contributed by atoms with van der Waals surface area (Å²) in [6.45, 7) is 0.102. The number of halogens is 2. The van der Waals surface area contributed by atoms with Gasteiger partial charge in [0, 0.05) is 28.0 Å². The van der Waals surface area contributed by atoms with Crippen LogP contribution in [0, 0.1) is 0 Å². The second kappa shape index (κ2) is 10.2.